The number of rotatable bonds is 9. The third kappa shape index (κ3) is 4.69. The molecule has 10 fully saturated rings. The lowest BCUT2D eigenvalue weighted by Crippen LogP contribution is -2.83. The second-order valence-corrected chi connectivity index (χ2v) is 28.0. The molecule has 14 atom stereocenters. The lowest BCUT2D eigenvalue weighted by molar-refractivity contribution is -0.312. The SMILES string of the molecule is COC12CCC3(CC1C(C)(O)C(C)(C)C)C1Cc4cc(-c5cc6c7c(c5O)OC5C8(OC)CCC9(CC8C(C)(O)C(C)(C)C)C(C6)N(CC6CC6)CCC759)c(O)c5c4C3(CCN1CC1CC1)C2O5. The topological polar surface area (TPSA) is 124 Å². The molecule has 2 aromatic carbocycles. The monoisotopic (exact) mass is 933 g/mol. The van der Waals surface area contributed by atoms with Crippen LogP contribution >= 0.6 is 0 Å². The second-order valence-electron chi connectivity index (χ2n) is 28.0. The lowest BCUT2D eigenvalue weighted by Gasteiger charge is -2.75. The molecule has 2 saturated heterocycles. The van der Waals surface area contributed by atoms with E-state index in [4.69, 9.17) is 18.9 Å². The van der Waals surface area contributed by atoms with Crippen molar-refractivity contribution in [1.82, 2.24) is 9.80 Å². The zero-order valence-corrected chi connectivity index (χ0v) is 42.8. The fourth-order valence-electron chi connectivity index (χ4n) is 19.7. The van der Waals surface area contributed by atoms with Crippen LogP contribution in [0.25, 0.3) is 11.1 Å². The summed E-state index contributed by atoms with van der Waals surface area (Å²) in [6.45, 7) is 21.3. The van der Waals surface area contributed by atoms with Crippen molar-refractivity contribution in [2.24, 2.45) is 45.3 Å². The summed E-state index contributed by atoms with van der Waals surface area (Å²) in [5.74, 6) is 2.48. The summed E-state index contributed by atoms with van der Waals surface area (Å²) < 4.78 is 28.8. The molecule has 4 aliphatic heterocycles. The second kappa shape index (κ2) is 12.9. The molecule has 4 N–H and O–H groups in total. The summed E-state index contributed by atoms with van der Waals surface area (Å²) in [4.78, 5) is 5.67. The average Bonchev–Trinajstić information content (AvgIpc) is 4.22. The normalized spacial score (nSPS) is 44.2. The number of piperidine rings is 2. The Morgan fingerprint density at radius 3 is 1.31 bits per heavy atom. The van der Waals surface area contributed by atoms with Crippen LogP contribution in [-0.4, -0.2) is 117 Å². The van der Waals surface area contributed by atoms with Crippen molar-refractivity contribution in [3.05, 3.63) is 34.4 Å². The van der Waals surface area contributed by atoms with Crippen LogP contribution in [0.2, 0.25) is 0 Å². The summed E-state index contributed by atoms with van der Waals surface area (Å²) in [6, 6.07) is 5.00. The van der Waals surface area contributed by atoms with Crippen LogP contribution in [0.5, 0.6) is 23.0 Å². The molecule has 16 rings (SSSR count). The van der Waals surface area contributed by atoms with Crippen LogP contribution in [0.4, 0.5) is 0 Å². The molecule has 0 aromatic heterocycles. The van der Waals surface area contributed by atoms with Gasteiger partial charge >= 0.3 is 0 Å². The molecule has 14 unspecified atom stereocenters. The molecule has 10 nitrogen and oxygen atoms in total. The molecule has 2 aromatic rings. The Bertz CT molecular complexity index is 2380. The van der Waals surface area contributed by atoms with Gasteiger partial charge in [0.1, 0.15) is 23.4 Å². The molecule has 10 heteroatoms. The minimum absolute atomic E-state index is 0.0971. The van der Waals surface area contributed by atoms with Crippen molar-refractivity contribution < 1.29 is 39.4 Å². The Hall–Kier alpha value is -2.60. The van der Waals surface area contributed by atoms with E-state index in [1.165, 1.54) is 47.9 Å². The highest BCUT2D eigenvalue weighted by Crippen LogP contribution is 2.81. The first-order chi connectivity index (χ1) is 32.0. The number of phenolic OH excluding ortho intramolecular Hbond substituents is 2. The van der Waals surface area contributed by atoms with Gasteiger partial charge in [-0.05, 0) is 163 Å². The van der Waals surface area contributed by atoms with E-state index in [1.807, 2.05) is 28.1 Å². The first kappa shape index (κ1) is 44.1. The van der Waals surface area contributed by atoms with E-state index in [0.29, 0.717) is 22.6 Å². The molecule has 8 bridgehead atoms. The van der Waals surface area contributed by atoms with Gasteiger partial charge in [-0.3, -0.25) is 9.80 Å². The van der Waals surface area contributed by atoms with Crippen molar-refractivity contribution >= 4 is 0 Å². The third-order valence-corrected chi connectivity index (χ3v) is 24.2. The zero-order valence-electron chi connectivity index (χ0n) is 42.8. The Morgan fingerprint density at radius 1 is 0.588 bits per heavy atom. The number of aromatic hydroxyl groups is 2. The van der Waals surface area contributed by atoms with E-state index >= 15 is 0 Å². The summed E-state index contributed by atoms with van der Waals surface area (Å²) in [7, 11) is 3.68. The smallest absolute Gasteiger partial charge is 0.166 e. The van der Waals surface area contributed by atoms with E-state index in [9.17, 15) is 20.4 Å². The summed E-state index contributed by atoms with van der Waals surface area (Å²) in [5.41, 5.74) is 0.598. The molecule has 4 spiro atoms. The molecule has 8 saturated carbocycles. The first-order valence-corrected chi connectivity index (χ1v) is 27.2. The largest absolute Gasteiger partial charge is 0.504 e. The Morgan fingerprint density at radius 2 is 0.971 bits per heavy atom. The number of methoxy groups -OCH3 is 2. The van der Waals surface area contributed by atoms with Crippen LogP contribution in [0, 0.1) is 45.3 Å². The van der Waals surface area contributed by atoms with E-state index in [2.05, 4.69) is 63.5 Å². The predicted molar refractivity (Wildman–Crippen MR) is 259 cm³/mol. The van der Waals surface area contributed by atoms with Crippen molar-refractivity contribution in [1.29, 1.82) is 0 Å². The van der Waals surface area contributed by atoms with E-state index in [1.54, 1.807) is 0 Å². The molecule has 68 heavy (non-hydrogen) atoms. The van der Waals surface area contributed by atoms with E-state index < -0.39 is 33.2 Å². The van der Waals surface area contributed by atoms with E-state index in [-0.39, 0.29) is 69.3 Å². The van der Waals surface area contributed by atoms with Crippen molar-refractivity contribution in [3.63, 3.8) is 0 Å². The van der Waals surface area contributed by atoms with Gasteiger partial charge in [0.05, 0.1) is 11.2 Å². The molecule has 370 valence electrons. The van der Waals surface area contributed by atoms with Gasteiger partial charge < -0.3 is 39.4 Å². The molecular weight excluding hydrogens is 853 g/mol. The van der Waals surface area contributed by atoms with Crippen molar-refractivity contribution in [2.45, 2.75) is 203 Å². The average molecular weight is 933 g/mol. The van der Waals surface area contributed by atoms with Gasteiger partial charge in [0.2, 0.25) is 0 Å². The van der Waals surface area contributed by atoms with Gasteiger partial charge in [-0.15, -0.1) is 0 Å². The van der Waals surface area contributed by atoms with Crippen LogP contribution in [0.15, 0.2) is 12.1 Å². The maximum absolute atomic E-state index is 13.1. The molecule has 10 aliphatic carbocycles. The van der Waals surface area contributed by atoms with Gasteiger partial charge in [0, 0.05) is 95.1 Å². The number of nitrogens with zero attached hydrogens (tertiary/aromatic N) is 2. The molecule has 4 heterocycles. The highest BCUT2D eigenvalue weighted by Gasteiger charge is 2.84. The van der Waals surface area contributed by atoms with Gasteiger partial charge in [0.15, 0.2) is 23.0 Å². The summed E-state index contributed by atoms with van der Waals surface area (Å²) in [6.07, 6.45) is 13.4. The van der Waals surface area contributed by atoms with Crippen LogP contribution in [0.1, 0.15) is 155 Å². The number of hydrogen-bond acceptors (Lipinski definition) is 10. The standard InChI is InChI=1S/C58H80N2O8/c1-49(2,3)51(7,63)37-27-53-15-17-57(37,65-9)47-55(53)19-21-59(29-31-11-12-31)39(53)25-33-23-35(43(61)45(67-47)41(33)55)36-24-34-26-40-54-16-18-58(66-10,38(28-54)52(8,64)50(4,5)6)48-56(54,42(34)46(68-48)44(36)62)20-22-60(40)30-32-13-14-32/h23-24,31-32,37-40,47-48,61-64H,11-22,25-30H2,1-10H3. The van der Waals surface area contributed by atoms with Gasteiger partial charge in [-0.25, -0.2) is 0 Å². The predicted octanol–water partition coefficient (Wildman–Crippen LogP) is 8.81. The Balaban J connectivity index is 0.957. The van der Waals surface area contributed by atoms with Crippen LogP contribution in [0.3, 0.4) is 0 Å². The fourth-order valence-corrected chi connectivity index (χ4v) is 19.7. The third-order valence-electron chi connectivity index (χ3n) is 24.2. The zero-order chi connectivity index (χ0) is 47.5. The number of benzene rings is 2. The number of phenols is 2. The molecule has 0 amide bonds. The Labute approximate surface area is 404 Å². The lowest BCUT2D eigenvalue weighted by atomic mass is 9.33. The van der Waals surface area contributed by atoms with Crippen LogP contribution < -0.4 is 9.47 Å². The summed E-state index contributed by atoms with van der Waals surface area (Å²) >= 11 is 0. The highest BCUT2D eigenvalue weighted by atomic mass is 16.6. The Kier molecular flexibility index (Phi) is 8.40. The minimum Gasteiger partial charge on any atom is -0.504 e. The van der Waals surface area contributed by atoms with Crippen LogP contribution in [-0.2, 0) is 33.1 Å². The number of hydrogen-bond donors (Lipinski definition) is 4. The molecular formula is C58H80N2O8. The van der Waals surface area contributed by atoms with Crippen molar-refractivity contribution in [2.75, 3.05) is 40.4 Å². The van der Waals surface area contributed by atoms with Gasteiger partial charge in [0.25, 0.3) is 0 Å². The number of likely N-dealkylation sites (tertiary alicyclic amines) is 2. The van der Waals surface area contributed by atoms with E-state index in [0.717, 1.165) is 102 Å². The summed E-state index contributed by atoms with van der Waals surface area (Å²) in [5, 5.41) is 51.9. The fraction of sp³-hybridized carbons (Fsp3) is 0.793. The van der Waals surface area contributed by atoms with Gasteiger partial charge in [-0.1, -0.05) is 41.5 Å². The first-order valence-electron chi connectivity index (χ1n) is 27.2. The molecule has 14 aliphatic rings. The van der Waals surface area contributed by atoms with Crippen molar-refractivity contribution in [3.8, 4) is 34.1 Å². The number of ether oxygens (including phenoxy) is 4. The van der Waals surface area contributed by atoms with Gasteiger partial charge in [-0.2, -0.15) is 0 Å². The number of aliphatic hydroxyl groups is 2. The maximum atomic E-state index is 13.1. The maximum Gasteiger partial charge on any atom is 0.166 e. The minimum atomic E-state index is -1.04. The quantitative estimate of drug-likeness (QED) is 0.194. The number of fused-ring (bicyclic) bond motifs is 4. The molecule has 0 radical (unpaired) electrons. The highest BCUT2D eigenvalue weighted by molar-refractivity contribution is 5.86.